The number of ether oxygens (including phenoxy) is 2. The van der Waals surface area contributed by atoms with Gasteiger partial charge in [-0.2, -0.15) is 5.10 Å². The molecule has 0 saturated heterocycles. The van der Waals surface area contributed by atoms with E-state index in [0.717, 1.165) is 28.9 Å². The number of anilines is 1. The Kier molecular flexibility index (Phi) is 6.49. The Morgan fingerprint density at radius 3 is 2.60 bits per heavy atom. The van der Waals surface area contributed by atoms with Gasteiger partial charge in [-0.15, -0.1) is 11.3 Å². The zero-order valence-electron chi connectivity index (χ0n) is 16.7. The molecule has 1 aliphatic carbocycles. The van der Waals surface area contributed by atoms with Crippen LogP contribution in [-0.2, 0) is 20.8 Å². The van der Waals surface area contributed by atoms with Crippen LogP contribution in [0.3, 0.4) is 0 Å². The quantitative estimate of drug-likeness (QED) is 0.628. The molecule has 1 aliphatic rings. The molecule has 162 valence electrons. The van der Waals surface area contributed by atoms with E-state index in [1.165, 1.54) is 20.1 Å². The van der Waals surface area contributed by atoms with Crippen LogP contribution < -0.4 is 5.32 Å². The Morgan fingerprint density at radius 1 is 1.33 bits per heavy atom. The van der Waals surface area contributed by atoms with Crippen molar-refractivity contribution in [2.45, 2.75) is 45.6 Å². The highest BCUT2D eigenvalue weighted by atomic mass is 32.1. The number of thiophene rings is 1. The maximum Gasteiger partial charge on any atom is 0.348 e. The van der Waals surface area contributed by atoms with E-state index >= 15 is 0 Å². The molecule has 0 unspecified atom stereocenters. The fourth-order valence-electron chi connectivity index (χ4n) is 2.98. The van der Waals surface area contributed by atoms with Crippen molar-refractivity contribution in [2.75, 3.05) is 19.0 Å². The van der Waals surface area contributed by atoms with E-state index in [1.54, 1.807) is 6.92 Å². The fourth-order valence-corrected chi connectivity index (χ4v) is 4.08. The number of rotatable bonds is 8. The first-order chi connectivity index (χ1) is 14.3. The second-order valence-corrected chi connectivity index (χ2v) is 7.77. The third-order valence-corrected chi connectivity index (χ3v) is 5.78. The highest BCUT2D eigenvalue weighted by molar-refractivity contribution is 7.18. The van der Waals surface area contributed by atoms with E-state index in [1.807, 2.05) is 0 Å². The summed E-state index contributed by atoms with van der Waals surface area (Å²) in [5.41, 5.74) is 0.538. The number of esters is 2. The molecule has 0 atom stereocenters. The SMILES string of the molecule is CCOC(=O)c1sc(NC(=O)Cn2nc(C3CC3)cc2C(F)F)c(C(=O)OC)c1C. The second kappa shape index (κ2) is 8.90. The first-order valence-electron chi connectivity index (χ1n) is 9.31. The highest BCUT2D eigenvalue weighted by Gasteiger charge is 2.30. The number of amides is 1. The number of nitrogens with one attached hydrogen (secondary N) is 1. The van der Waals surface area contributed by atoms with Gasteiger partial charge in [0.1, 0.15) is 22.1 Å². The molecule has 8 nitrogen and oxygen atoms in total. The molecule has 2 heterocycles. The predicted octanol–water partition coefficient (Wildman–Crippen LogP) is 3.67. The van der Waals surface area contributed by atoms with Crippen LogP contribution >= 0.6 is 11.3 Å². The minimum atomic E-state index is -2.78. The summed E-state index contributed by atoms with van der Waals surface area (Å²) < 4.78 is 37.4. The number of nitrogens with zero attached hydrogens (tertiary/aromatic N) is 2. The number of alkyl halides is 2. The van der Waals surface area contributed by atoms with Crippen LogP contribution in [0.2, 0.25) is 0 Å². The number of aromatic nitrogens is 2. The van der Waals surface area contributed by atoms with Gasteiger partial charge in [-0.1, -0.05) is 0 Å². The summed E-state index contributed by atoms with van der Waals surface area (Å²) in [5.74, 6) is -1.88. The second-order valence-electron chi connectivity index (χ2n) is 6.75. The average molecular weight is 441 g/mol. The molecule has 11 heteroatoms. The lowest BCUT2D eigenvalue weighted by molar-refractivity contribution is -0.117. The molecule has 3 rings (SSSR count). The van der Waals surface area contributed by atoms with Crippen LogP contribution in [0.25, 0.3) is 0 Å². The van der Waals surface area contributed by atoms with Gasteiger partial charge >= 0.3 is 11.9 Å². The zero-order chi connectivity index (χ0) is 22.0. The maximum absolute atomic E-state index is 13.3. The molecule has 0 aromatic carbocycles. The topological polar surface area (TPSA) is 99.5 Å². The summed E-state index contributed by atoms with van der Waals surface area (Å²) in [7, 11) is 1.17. The lowest BCUT2D eigenvalue weighted by Gasteiger charge is -2.08. The zero-order valence-corrected chi connectivity index (χ0v) is 17.5. The van der Waals surface area contributed by atoms with Crippen molar-refractivity contribution in [1.82, 2.24) is 9.78 Å². The van der Waals surface area contributed by atoms with Gasteiger partial charge in [0.25, 0.3) is 6.43 Å². The van der Waals surface area contributed by atoms with Crippen molar-refractivity contribution >= 4 is 34.2 Å². The third kappa shape index (κ3) is 4.50. The Bertz CT molecular complexity index is 981. The molecule has 0 bridgehead atoms. The van der Waals surface area contributed by atoms with Gasteiger partial charge in [0.2, 0.25) is 5.91 Å². The van der Waals surface area contributed by atoms with Crippen LogP contribution in [0.4, 0.5) is 13.8 Å². The van der Waals surface area contributed by atoms with Gasteiger partial charge in [0, 0.05) is 5.92 Å². The van der Waals surface area contributed by atoms with Crippen molar-refractivity contribution in [3.63, 3.8) is 0 Å². The standard InChI is InChI=1S/C19H21F2N3O5S/c1-4-29-19(27)15-9(2)14(18(26)28-3)17(30-15)22-13(25)8-24-12(16(20)21)7-11(23-24)10-5-6-10/h7,10,16H,4-6,8H2,1-3H3,(H,22,25). The van der Waals surface area contributed by atoms with Gasteiger partial charge in [-0.25, -0.2) is 18.4 Å². The number of hydrogen-bond acceptors (Lipinski definition) is 7. The molecule has 2 aromatic heterocycles. The van der Waals surface area contributed by atoms with Gasteiger partial charge in [0.05, 0.1) is 25.0 Å². The van der Waals surface area contributed by atoms with E-state index in [9.17, 15) is 23.2 Å². The molecule has 2 aromatic rings. The van der Waals surface area contributed by atoms with Crippen molar-refractivity contribution < 1.29 is 32.6 Å². The summed E-state index contributed by atoms with van der Waals surface area (Å²) in [6.45, 7) is 2.86. The molecule has 0 aliphatic heterocycles. The van der Waals surface area contributed by atoms with E-state index in [2.05, 4.69) is 10.4 Å². The van der Waals surface area contributed by atoms with Gasteiger partial charge < -0.3 is 14.8 Å². The molecule has 0 radical (unpaired) electrons. The molecule has 1 N–H and O–H groups in total. The first kappa shape index (κ1) is 21.9. The molecule has 1 fully saturated rings. The summed E-state index contributed by atoms with van der Waals surface area (Å²) in [6.07, 6.45) is -0.998. The molecule has 0 spiro atoms. The minimum Gasteiger partial charge on any atom is -0.465 e. The van der Waals surface area contributed by atoms with Crippen molar-refractivity contribution in [2.24, 2.45) is 0 Å². The number of carbonyl (C=O) groups excluding carboxylic acids is 3. The number of methoxy groups -OCH3 is 1. The molecule has 30 heavy (non-hydrogen) atoms. The normalized spacial score (nSPS) is 13.4. The highest BCUT2D eigenvalue weighted by Crippen LogP contribution is 2.40. The van der Waals surface area contributed by atoms with Crippen LogP contribution in [0.15, 0.2) is 6.07 Å². The van der Waals surface area contributed by atoms with E-state index in [0.29, 0.717) is 11.3 Å². The Morgan fingerprint density at radius 2 is 2.03 bits per heavy atom. The Hall–Kier alpha value is -2.82. The smallest absolute Gasteiger partial charge is 0.348 e. The van der Waals surface area contributed by atoms with Crippen LogP contribution in [0.1, 0.15) is 69.1 Å². The predicted molar refractivity (Wildman–Crippen MR) is 104 cm³/mol. The molecular formula is C19H21F2N3O5S. The lowest BCUT2D eigenvalue weighted by Crippen LogP contribution is -2.22. The van der Waals surface area contributed by atoms with Crippen molar-refractivity contribution in [3.8, 4) is 0 Å². The van der Waals surface area contributed by atoms with Crippen LogP contribution in [-0.4, -0.2) is 41.3 Å². The van der Waals surface area contributed by atoms with Gasteiger partial charge in [-0.3, -0.25) is 9.48 Å². The minimum absolute atomic E-state index is 0.0205. The maximum atomic E-state index is 13.3. The van der Waals surface area contributed by atoms with Crippen LogP contribution in [0.5, 0.6) is 0 Å². The van der Waals surface area contributed by atoms with E-state index in [4.69, 9.17) is 9.47 Å². The summed E-state index contributed by atoms with van der Waals surface area (Å²) >= 11 is 0.862. The van der Waals surface area contributed by atoms with Crippen molar-refractivity contribution in [1.29, 1.82) is 0 Å². The Labute approximate surface area is 175 Å². The monoisotopic (exact) mass is 441 g/mol. The summed E-state index contributed by atoms with van der Waals surface area (Å²) in [5, 5.41) is 6.74. The number of carbonyl (C=O) groups is 3. The molecule has 1 amide bonds. The van der Waals surface area contributed by atoms with E-state index < -0.39 is 30.8 Å². The molecule has 1 saturated carbocycles. The third-order valence-electron chi connectivity index (χ3n) is 4.59. The number of hydrogen-bond donors (Lipinski definition) is 1. The molecular weight excluding hydrogens is 420 g/mol. The number of halogens is 2. The average Bonchev–Trinajstić information content (AvgIpc) is 3.38. The largest absolute Gasteiger partial charge is 0.465 e. The van der Waals surface area contributed by atoms with Gasteiger partial charge in [-0.05, 0) is 38.3 Å². The van der Waals surface area contributed by atoms with Crippen molar-refractivity contribution in [3.05, 3.63) is 33.5 Å². The first-order valence-corrected chi connectivity index (χ1v) is 10.1. The Balaban J connectivity index is 1.85. The van der Waals surface area contributed by atoms with Crippen LogP contribution in [0, 0.1) is 6.92 Å². The fraction of sp³-hybridized carbons (Fsp3) is 0.474. The summed E-state index contributed by atoms with van der Waals surface area (Å²) in [6, 6.07) is 1.32. The summed E-state index contributed by atoms with van der Waals surface area (Å²) in [4.78, 5) is 37.0. The van der Waals surface area contributed by atoms with E-state index in [-0.39, 0.29) is 33.7 Å². The van der Waals surface area contributed by atoms with Gasteiger partial charge in [0.15, 0.2) is 0 Å². The lowest BCUT2D eigenvalue weighted by atomic mass is 10.1.